The highest BCUT2D eigenvalue weighted by atomic mass is 32.2. The normalized spacial score (nSPS) is 23.8. The summed E-state index contributed by atoms with van der Waals surface area (Å²) in [6.07, 6.45) is 0.952. The summed E-state index contributed by atoms with van der Waals surface area (Å²) in [4.78, 5) is 6.83. The Morgan fingerprint density at radius 1 is 1.65 bits per heavy atom. The third-order valence-electron chi connectivity index (χ3n) is 3.21. The van der Waals surface area contributed by atoms with E-state index in [0.29, 0.717) is 11.9 Å². The van der Waals surface area contributed by atoms with Crippen molar-refractivity contribution in [1.82, 2.24) is 20.4 Å². The van der Waals surface area contributed by atoms with Crippen molar-refractivity contribution < 1.29 is 4.52 Å². The van der Waals surface area contributed by atoms with Crippen LogP contribution in [-0.4, -0.2) is 47.2 Å². The van der Waals surface area contributed by atoms with Crippen LogP contribution < -0.4 is 5.32 Å². The molecule has 0 aromatic carbocycles. The number of nitrogens with one attached hydrogen (secondary N) is 1. The van der Waals surface area contributed by atoms with Crippen molar-refractivity contribution in [3.05, 3.63) is 11.7 Å². The second-order valence-corrected chi connectivity index (χ2v) is 5.46. The molecule has 2 unspecified atom stereocenters. The van der Waals surface area contributed by atoms with E-state index in [-0.39, 0.29) is 6.04 Å². The largest absolute Gasteiger partial charge is 0.338 e. The number of hydrogen-bond acceptors (Lipinski definition) is 6. The number of aromatic nitrogens is 2. The average molecular weight is 256 g/mol. The first-order valence-corrected chi connectivity index (χ1v) is 7.20. The fourth-order valence-electron chi connectivity index (χ4n) is 1.98. The smallest absolute Gasteiger partial charge is 0.243 e. The van der Waals surface area contributed by atoms with Crippen molar-refractivity contribution >= 4 is 11.8 Å². The van der Waals surface area contributed by atoms with E-state index < -0.39 is 0 Å². The van der Waals surface area contributed by atoms with Crippen LogP contribution in [0.15, 0.2) is 4.52 Å². The van der Waals surface area contributed by atoms with Crippen LogP contribution in [0.1, 0.15) is 37.1 Å². The second kappa shape index (κ2) is 5.84. The van der Waals surface area contributed by atoms with Crippen molar-refractivity contribution in [2.75, 3.05) is 32.1 Å². The molecule has 17 heavy (non-hydrogen) atoms. The summed E-state index contributed by atoms with van der Waals surface area (Å²) >= 11 is 1.95. The molecule has 0 saturated carbocycles. The van der Waals surface area contributed by atoms with Crippen LogP contribution in [0.4, 0.5) is 0 Å². The van der Waals surface area contributed by atoms with Gasteiger partial charge < -0.3 is 9.84 Å². The molecule has 1 N–H and O–H groups in total. The van der Waals surface area contributed by atoms with E-state index in [1.165, 1.54) is 5.75 Å². The third kappa shape index (κ3) is 2.81. The maximum Gasteiger partial charge on any atom is 0.243 e. The molecular weight excluding hydrogens is 236 g/mol. The Morgan fingerprint density at radius 2 is 2.47 bits per heavy atom. The lowest BCUT2D eigenvalue weighted by Gasteiger charge is -2.29. The lowest BCUT2D eigenvalue weighted by molar-refractivity contribution is 0.255. The average Bonchev–Trinajstić information content (AvgIpc) is 2.81. The first-order valence-electron chi connectivity index (χ1n) is 6.05. The molecule has 2 atom stereocenters. The van der Waals surface area contributed by atoms with Gasteiger partial charge in [0.05, 0.1) is 12.1 Å². The molecule has 96 valence electrons. The van der Waals surface area contributed by atoms with Crippen LogP contribution in [0.2, 0.25) is 0 Å². The van der Waals surface area contributed by atoms with Crippen LogP contribution in [-0.2, 0) is 0 Å². The summed E-state index contributed by atoms with van der Waals surface area (Å²) in [5.41, 5.74) is 0. The highest BCUT2D eigenvalue weighted by molar-refractivity contribution is 7.99. The van der Waals surface area contributed by atoms with Gasteiger partial charge in [-0.3, -0.25) is 4.90 Å². The Kier molecular flexibility index (Phi) is 4.42. The minimum Gasteiger partial charge on any atom is -0.338 e. The highest BCUT2D eigenvalue weighted by Gasteiger charge is 2.26. The number of nitrogens with zero attached hydrogens (tertiary/aromatic N) is 3. The van der Waals surface area contributed by atoms with Gasteiger partial charge in [-0.2, -0.15) is 16.7 Å². The third-order valence-corrected chi connectivity index (χ3v) is 4.23. The van der Waals surface area contributed by atoms with Crippen molar-refractivity contribution in [1.29, 1.82) is 0 Å². The Balaban J connectivity index is 2.11. The summed E-state index contributed by atoms with van der Waals surface area (Å²) in [6.45, 7) is 3.19. The van der Waals surface area contributed by atoms with Crippen LogP contribution in [0.5, 0.6) is 0 Å². The summed E-state index contributed by atoms with van der Waals surface area (Å²) in [5.74, 6) is 3.76. The van der Waals surface area contributed by atoms with Gasteiger partial charge in [0.1, 0.15) is 0 Å². The number of hydrogen-bond donors (Lipinski definition) is 1. The standard InChI is InChI=1S/C11H20N4OS/c1-4-8(12-2)11-13-10(14-16-11)9-7-17-6-5-15(9)3/h8-9,12H,4-7H2,1-3H3. The molecule has 1 aliphatic heterocycles. The first kappa shape index (κ1) is 12.9. The molecular formula is C11H20N4OS. The van der Waals surface area contributed by atoms with E-state index >= 15 is 0 Å². The molecule has 5 nitrogen and oxygen atoms in total. The van der Waals surface area contributed by atoms with Crippen LogP contribution in [0.25, 0.3) is 0 Å². The zero-order valence-corrected chi connectivity index (χ0v) is 11.5. The van der Waals surface area contributed by atoms with Crippen LogP contribution in [0.3, 0.4) is 0 Å². The first-order chi connectivity index (χ1) is 8.26. The fraction of sp³-hybridized carbons (Fsp3) is 0.818. The van der Waals surface area contributed by atoms with Gasteiger partial charge in [0, 0.05) is 18.1 Å². The van der Waals surface area contributed by atoms with Crippen LogP contribution >= 0.6 is 11.8 Å². The van der Waals surface area contributed by atoms with Gasteiger partial charge >= 0.3 is 0 Å². The van der Waals surface area contributed by atoms with Gasteiger partial charge in [-0.1, -0.05) is 12.1 Å². The van der Waals surface area contributed by atoms with Gasteiger partial charge in [-0.25, -0.2) is 0 Å². The molecule has 0 spiro atoms. The lowest BCUT2D eigenvalue weighted by atomic mass is 10.2. The SMILES string of the molecule is CCC(NC)c1nc(C2CSCCN2C)no1. The molecule has 1 saturated heterocycles. The predicted molar refractivity (Wildman–Crippen MR) is 69.1 cm³/mol. The van der Waals surface area contributed by atoms with Crippen molar-refractivity contribution in [3.8, 4) is 0 Å². The molecule has 1 aliphatic rings. The molecule has 0 bridgehead atoms. The molecule has 1 aromatic heterocycles. The van der Waals surface area contributed by atoms with Gasteiger partial charge in [-0.15, -0.1) is 0 Å². The zero-order chi connectivity index (χ0) is 12.3. The summed E-state index contributed by atoms with van der Waals surface area (Å²) in [6, 6.07) is 0.457. The molecule has 1 aromatic rings. The van der Waals surface area contributed by atoms with Crippen LogP contribution in [0, 0.1) is 0 Å². The maximum absolute atomic E-state index is 5.35. The quantitative estimate of drug-likeness (QED) is 0.880. The van der Waals surface area contributed by atoms with E-state index in [9.17, 15) is 0 Å². The topological polar surface area (TPSA) is 54.2 Å². The summed E-state index contributed by atoms with van der Waals surface area (Å²) in [5, 5.41) is 7.31. The van der Waals surface area contributed by atoms with Gasteiger partial charge in [0.2, 0.25) is 5.89 Å². The maximum atomic E-state index is 5.35. The monoisotopic (exact) mass is 256 g/mol. The molecule has 2 heterocycles. The Bertz CT molecular complexity index is 353. The van der Waals surface area contributed by atoms with Crippen molar-refractivity contribution in [2.24, 2.45) is 0 Å². The Labute approximate surface area is 106 Å². The zero-order valence-electron chi connectivity index (χ0n) is 10.6. The molecule has 6 heteroatoms. The number of rotatable bonds is 4. The lowest BCUT2D eigenvalue weighted by Crippen LogP contribution is -2.33. The van der Waals surface area contributed by atoms with Crippen molar-refractivity contribution in [3.63, 3.8) is 0 Å². The highest BCUT2D eigenvalue weighted by Crippen LogP contribution is 2.27. The van der Waals surface area contributed by atoms with E-state index in [1.54, 1.807) is 0 Å². The molecule has 0 amide bonds. The molecule has 2 rings (SSSR count). The predicted octanol–water partition coefficient (Wildman–Crippen LogP) is 1.46. The van der Waals surface area contributed by atoms with Gasteiger partial charge in [0.15, 0.2) is 5.82 Å². The van der Waals surface area contributed by atoms with Crippen molar-refractivity contribution in [2.45, 2.75) is 25.4 Å². The summed E-state index contributed by atoms with van der Waals surface area (Å²) in [7, 11) is 4.04. The minimum atomic E-state index is 0.165. The van der Waals surface area contributed by atoms with Gasteiger partial charge in [0.25, 0.3) is 0 Å². The second-order valence-electron chi connectivity index (χ2n) is 4.31. The van der Waals surface area contributed by atoms with Gasteiger partial charge in [-0.05, 0) is 20.5 Å². The molecule has 1 fully saturated rings. The van der Waals surface area contributed by atoms with E-state index in [1.807, 2.05) is 18.8 Å². The van der Waals surface area contributed by atoms with E-state index in [4.69, 9.17) is 4.52 Å². The minimum absolute atomic E-state index is 0.165. The Hall–Kier alpha value is -0.590. The number of thioether (sulfide) groups is 1. The van der Waals surface area contributed by atoms with E-state index in [0.717, 1.165) is 24.5 Å². The van der Waals surface area contributed by atoms with E-state index in [2.05, 4.69) is 34.3 Å². The molecule has 0 radical (unpaired) electrons. The summed E-state index contributed by atoms with van der Waals surface area (Å²) < 4.78 is 5.35. The molecule has 0 aliphatic carbocycles. The fourth-order valence-corrected chi connectivity index (χ4v) is 3.20. The Morgan fingerprint density at radius 3 is 3.12 bits per heavy atom.